The summed E-state index contributed by atoms with van der Waals surface area (Å²) in [5, 5.41) is 4.08. The number of alkyl halides is 3. The van der Waals surface area contributed by atoms with E-state index in [0.29, 0.717) is 12.3 Å². The normalized spacial score (nSPS) is 11.4. The molecule has 0 aliphatic rings. The number of nitrogens with zero attached hydrogens (tertiary/aromatic N) is 1. The Bertz CT molecular complexity index is 554. The van der Waals surface area contributed by atoms with Gasteiger partial charge >= 0.3 is 6.18 Å². The second-order valence-corrected chi connectivity index (χ2v) is 4.56. The number of para-hydroxylation sites is 1. The molecule has 2 rings (SSSR count). The molecular formula is C12H11F3N2OS. The first-order valence-corrected chi connectivity index (χ1v) is 6.27. The van der Waals surface area contributed by atoms with Gasteiger partial charge in [-0.15, -0.1) is 11.3 Å². The number of benzene rings is 1. The average molecular weight is 288 g/mol. The van der Waals surface area contributed by atoms with Crippen LogP contribution in [0.4, 0.5) is 18.3 Å². The first-order chi connectivity index (χ1) is 9.00. The zero-order valence-electron chi connectivity index (χ0n) is 9.99. The largest absolute Gasteiger partial charge is 0.496 e. The number of hydrogen-bond donors (Lipinski definition) is 1. The van der Waals surface area contributed by atoms with Crippen LogP contribution in [-0.2, 0) is 12.7 Å². The maximum atomic E-state index is 12.4. The Hall–Kier alpha value is -1.76. The molecule has 1 N–H and O–H groups in total. The molecule has 0 unspecified atom stereocenters. The summed E-state index contributed by atoms with van der Waals surface area (Å²) in [5.41, 5.74) is -0.0196. The number of aromatic nitrogens is 1. The van der Waals surface area contributed by atoms with E-state index in [1.807, 2.05) is 18.2 Å². The Labute approximate surface area is 112 Å². The topological polar surface area (TPSA) is 34.1 Å². The lowest BCUT2D eigenvalue weighted by atomic mass is 10.2. The van der Waals surface area contributed by atoms with Gasteiger partial charge in [-0.2, -0.15) is 13.2 Å². The molecular weight excluding hydrogens is 277 g/mol. The van der Waals surface area contributed by atoms with Crippen molar-refractivity contribution < 1.29 is 17.9 Å². The summed E-state index contributed by atoms with van der Waals surface area (Å²) in [6.45, 7) is 0.356. The molecule has 7 heteroatoms. The molecule has 0 spiro atoms. The molecule has 0 aliphatic heterocycles. The van der Waals surface area contributed by atoms with Crippen molar-refractivity contribution in [2.45, 2.75) is 12.7 Å². The van der Waals surface area contributed by atoms with Gasteiger partial charge in [-0.25, -0.2) is 4.98 Å². The second-order valence-electron chi connectivity index (χ2n) is 3.70. The van der Waals surface area contributed by atoms with E-state index in [4.69, 9.17) is 4.74 Å². The molecule has 0 atom stereocenters. The molecule has 102 valence electrons. The number of hydrogen-bond acceptors (Lipinski definition) is 4. The molecule has 19 heavy (non-hydrogen) atoms. The average Bonchev–Trinajstić information content (AvgIpc) is 2.85. The van der Waals surface area contributed by atoms with Crippen molar-refractivity contribution in [1.82, 2.24) is 4.98 Å². The van der Waals surface area contributed by atoms with Gasteiger partial charge in [0.1, 0.15) is 5.75 Å². The van der Waals surface area contributed by atoms with Crippen molar-refractivity contribution >= 4 is 16.5 Å². The Morgan fingerprint density at radius 3 is 2.68 bits per heavy atom. The fourth-order valence-corrected chi connectivity index (χ4v) is 2.22. The number of thiazole rings is 1. The Balaban J connectivity index is 2.05. The summed E-state index contributed by atoms with van der Waals surface area (Å²) < 4.78 is 42.3. The van der Waals surface area contributed by atoms with Gasteiger partial charge in [0.15, 0.2) is 10.8 Å². The van der Waals surface area contributed by atoms with Crippen LogP contribution >= 0.6 is 11.3 Å². The van der Waals surface area contributed by atoms with Crippen molar-refractivity contribution in [3.8, 4) is 5.75 Å². The van der Waals surface area contributed by atoms with Crippen LogP contribution in [-0.4, -0.2) is 12.1 Å². The highest BCUT2D eigenvalue weighted by Crippen LogP contribution is 2.31. The first kappa shape index (κ1) is 13.7. The van der Waals surface area contributed by atoms with Crippen molar-refractivity contribution in [3.63, 3.8) is 0 Å². The predicted molar refractivity (Wildman–Crippen MR) is 67.4 cm³/mol. The van der Waals surface area contributed by atoms with Crippen LogP contribution < -0.4 is 10.1 Å². The zero-order valence-corrected chi connectivity index (χ0v) is 10.8. The van der Waals surface area contributed by atoms with Gasteiger partial charge in [0.2, 0.25) is 0 Å². The molecule has 0 amide bonds. The van der Waals surface area contributed by atoms with Crippen LogP contribution in [0.15, 0.2) is 29.6 Å². The molecule has 0 fully saturated rings. The van der Waals surface area contributed by atoms with Crippen LogP contribution in [0.5, 0.6) is 5.75 Å². The molecule has 0 saturated heterocycles. The molecule has 0 bridgehead atoms. The van der Waals surface area contributed by atoms with E-state index < -0.39 is 11.9 Å². The van der Waals surface area contributed by atoms with Crippen LogP contribution in [0.1, 0.15) is 11.3 Å². The van der Waals surface area contributed by atoms with Gasteiger partial charge in [0.25, 0.3) is 0 Å². The Kier molecular flexibility index (Phi) is 3.94. The fraction of sp³-hybridized carbons (Fsp3) is 0.250. The van der Waals surface area contributed by atoms with Crippen molar-refractivity contribution in [1.29, 1.82) is 0 Å². The van der Waals surface area contributed by atoms with E-state index in [-0.39, 0.29) is 5.13 Å². The minimum atomic E-state index is -4.40. The number of anilines is 1. The van der Waals surface area contributed by atoms with E-state index in [1.165, 1.54) is 0 Å². The van der Waals surface area contributed by atoms with E-state index in [2.05, 4.69) is 10.3 Å². The Morgan fingerprint density at radius 1 is 1.32 bits per heavy atom. The maximum absolute atomic E-state index is 12.4. The van der Waals surface area contributed by atoms with Gasteiger partial charge in [-0.05, 0) is 6.07 Å². The zero-order chi connectivity index (χ0) is 13.9. The predicted octanol–water partition coefficient (Wildman–Crippen LogP) is 3.78. The van der Waals surface area contributed by atoms with Crippen LogP contribution in [0.3, 0.4) is 0 Å². The van der Waals surface area contributed by atoms with Crippen molar-refractivity contribution in [2.24, 2.45) is 0 Å². The lowest BCUT2D eigenvalue weighted by molar-refractivity contribution is -0.140. The number of halogens is 3. The number of ether oxygens (including phenoxy) is 1. The minimum absolute atomic E-state index is 0.234. The summed E-state index contributed by atoms with van der Waals surface area (Å²) in [6.07, 6.45) is -4.40. The SMILES string of the molecule is COc1ccccc1CNc1nc(C(F)(F)F)cs1. The lowest BCUT2D eigenvalue weighted by Crippen LogP contribution is -2.06. The van der Waals surface area contributed by atoms with Crippen LogP contribution in [0.25, 0.3) is 0 Å². The molecule has 2 aromatic rings. The number of methoxy groups -OCH3 is 1. The molecule has 1 aromatic heterocycles. The second kappa shape index (κ2) is 5.48. The van der Waals surface area contributed by atoms with E-state index in [0.717, 1.165) is 22.3 Å². The van der Waals surface area contributed by atoms with Crippen molar-refractivity contribution in [3.05, 3.63) is 40.9 Å². The van der Waals surface area contributed by atoms with Gasteiger partial charge in [-0.3, -0.25) is 0 Å². The van der Waals surface area contributed by atoms with E-state index in [9.17, 15) is 13.2 Å². The summed E-state index contributed by atoms with van der Waals surface area (Å²) >= 11 is 0.926. The smallest absolute Gasteiger partial charge is 0.434 e. The van der Waals surface area contributed by atoms with Crippen LogP contribution in [0, 0.1) is 0 Å². The third-order valence-electron chi connectivity index (χ3n) is 2.42. The molecule has 3 nitrogen and oxygen atoms in total. The fourth-order valence-electron chi connectivity index (χ4n) is 1.50. The van der Waals surface area contributed by atoms with Gasteiger partial charge in [-0.1, -0.05) is 18.2 Å². The van der Waals surface area contributed by atoms with Crippen LogP contribution in [0.2, 0.25) is 0 Å². The number of nitrogens with one attached hydrogen (secondary N) is 1. The summed E-state index contributed by atoms with van der Waals surface area (Å²) in [6, 6.07) is 7.29. The summed E-state index contributed by atoms with van der Waals surface area (Å²) in [7, 11) is 1.55. The maximum Gasteiger partial charge on any atom is 0.434 e. The van der Waals surface area contributed by atoms with Gasteiger partial charge in [0.05, 0.1) is 7.11 Å². The third kappa shape index (κ3) is 3.37. The highest BCUT2D eigenvalue weighted by molar-refractivity contribution is 7.13. The van der Waals surface area contributed by atoms with Gasteiger partial charge in [0, 0.05) is 17.5 Å². The highest BCUT2D eigenvalue weighted by Gasteiger charge is 2.33. The summed E-state index contributed by atoms with van der Waals surface area (Å²) in [5.74, 6) is 0.683. The monoisotopic (exact) mass is 288 g/mol. The van der Waals surface area contributed by atoms with E-state index in [1.54, 1.807) is 13.2 Å². The molecule has 0 radical (unpaired) electrons. The van der Waals surface area contributed by atoms with Crippen molar-refractivity contribution in [2.75, 3.05) is 12.4 Å². The standard InChI is InChI=1S/C12H11F3N2OS/c1-18-9-5-3-2-4-8(9)6-16-11-17-10(7-19-11)12(13,14)15/h2-5,7H,6H2,1H3,(H,16,17). The summed E-state index contributed by atoms with van der Waals surface area (Å²) in [4.78, 5) is 3.49. The molecule has 0 saturated carbocycles. The quantitative estimate of drug-likeness (QED) is 0.929. The molecule has 1 heterocycles. The first-order valence-electron chi connectivity index (χ1n) is 5.39. The minimum Gasteiger partial charge on any atom is -0.496 e. The third-order valence-corrected chi connectivity index (χ3v) is 3.22. The van der Waals surface area contributed by atoms with Gasteiger partial charge < -0.3 is 10.1 Å². The van der Waals surface area contributed by atoms with E-state index >= 15 is 0 Å². The lowest BCUT2D eigenvalue weighted by Gasteiger charge is -2.08. The Morgan fingerprint density at radius 2 is 2.05 bits per heavy atom. The molecule has 0 aliphatic carbocycles. The highest BCUT2D eigenvalue weighted by atomic mass is 32.1. The number of rotatable bonds is 4. The molecule has 1 aromatic carbocycles.